The van der Waals surface area contributed by atoms with Crippen molar-refractivity contribution in [2.24, 2.45) is 0 Å². The molecular formula is C11H15B. The van der Waals surface area contributed by atoms with E-state index in [-0.39, 0.29) is 0 Å². The molecule has 0 saturated heterocycles. The van der Waals surface area contributed by atoms with Crippen molar-refractivity contribution >= 4 is 13.3 Å². The van der Waals surface area contributed by atoms with Crippen molar-refractivity contribution in [1.82, 2.24) is 0 Å². The summed E-state index contributed by atoms with van der Waals surface area (Å²) >= 11 is 0. The molecule has 0 N–H and O–H groups in total. The highest BCUT2D eigenvalue weighted by molar-refractivity contribution is 6.34. The van der Waals surface area contributed by atoms with Crippen LogP contribution in [0.4, 0.5) is 0 Å². The first-order valence-corrected chi connectivity index (χ1v) is 4.56. The Balaban J connectivity index is 3.22. The van der Waals surface area contributed by atoms with Gasteiger partial charge in [-0.2, -0.15) is 0 Å². The van der Waals surface area contributed by atoms with Crippen molar-refractivity contribution in [3.63, 3.8) is 0 Å². The lowest BCUT2D eigenvalue weighted by atomic mass is 9.83. The molecule has 0 fully saturated rings. The lowest BCUT2D eigenvalue weighted by molar-refractivity contribution is 1.10. The average Bonchev–Trinajstić information content (AvgIpc) is 2.08. The second-order valence-corrected chi connectivity index (χ2v) is 3.20. The molecule has 0 aromatic heterocycles. The summed E-state index contributed by atoms with van der Waals surface area (Å²) in [4.78, 5) is 0. The van der Waals surface area contributed by atoms with Crippen LogP contribution in [-0.2, 0) is 12.8 Å². The summed E-state index contributed by atoms with van der Waals surface area (Å²) in [7, 11) is 5.97. The summed E-state index contributed by atoms with van der Waals surface area (Å²) in [6.07, 6.45) is 2.06. The highest BCUT2D eigenvalue weighted by Crippen LogP contribution is 2.07. The molecule has 1 heteroatoms. The van der Waals surface area contributed by atoms with Gasteiger partial charge < -0.3 is 0 Å². The Kier molecular flexibility index (Phi) is 2.96. The molecule has 62 valence electrons. The molecule has 1 aromatic carbocycles. The molecule has 1 aromatic rings. The minimum Gasteiger partial charge on any atom is -0.0904 e. The molecule has 0 aliphatic rings. The lowest BCUT2D eigenvalue weighted by Gasteiger charge is -2.10. The minimum atomic E-state index is 0.991. The third-order valence-corrected chi connectivity index (χ3v) is 2.26. The van der Waals surface area contributed by atoms with Crippen LogP contribution in [0.5, 0.6) is 0 Å². The SMILES string of the molecule is [B]c1c(CC)cc(C)cc1CC. The standard InChI is InChI=1S/C11H15B/c1-4-9-6-8(3)7-10(5-2)11(9)12/h6-7H,4-5H2,1-3H3. The molecule has 0 aliphatic carbocycles. The van der Waals surface area contributed by atoms with Gasteiger partial charge in [-0.1, -0.05) is 48.1 Å². The third kappa shape index (κ3) is 1.71. The fourth-order valence-corrected chi connectivity index (χ4v) is 1.54. The van der Waals surface area contributed by atoms with Crippen LogP contribution < -0.4 is 5.46 Å². The first-order valence-electron chi connectivity index (χ1n) is 4.56. The molecule has 0 amide bonds. The predicted molar refractivity (Wildman–Crippen MR) is 55.3 cm³/mol. The molecule has 0 aliphatic heterocycles. The maximum absolute atomic E-state index is 5.97. The van der Waals surface area contributed by atoms with Crippen LogP contribution in [0.3, 0.4) is 0 Å². The summed E-state index contributed by atoms with van der Waals surface area (Å²) in [5.74, 6) is 0. The maximum atomic E-state index is 5.97. The van der Waals surface area contributed by atoms with Crippen LogP contribution in [-0.4, -0.2) is 7.85 Å². The molecule has 0 heterocycles. The van der Waals surface area contributed by atoms with Crippen LogP contribution in [0.1, 0.15) is 30.5 Å². The molecule has 0 nitrogen and oxygen atoms in total. The second kappa shape index (κ2) is 3.80. The largest absolute Gasteiger partial charge is 0.114 e. The van der Waals surface area contributed by atoms with Gasteiger partial charge in [-0.3, -0.25) is 0 Å². The Bertz CT molecular complexity index is 251. The minimum absolute atomic E-state index is 0.991. The van der Waals surface area contributed by atoms with E-state index in [1.165, 1.54) is 16.7 Å². The monoisotopic (exact) mass is 158 g/mol. The molecule has 0 bridgehead atoms. The fraction of sp³-hybridized carbons (Fsp3) is 0.455. The predicted octanol–water partition coefficient (Wildman–Crippen LogP) is 1.91. The zero-order chi connectivity index (χ0) is 9.14. The normalized spacial score (nSPS) is 10.2. The van der Waals surface area contributed by atoms with Gasteiger partial charge in [0.15, 0.2) is 0 Å². The molecule has 0 saturated carbocycles. The summed E-state index contributed by atoms with van der Waals surface area (Å²) in [6.45, 7) is 6.41. The summed E-state index contributed by atoms with van der Waals surface area (Å²) < 4.78 is 0. The molecular weight excluding hydrogens is 143 g/mol. The van der Waals surface area contributed by atoms with Crippen molar-refractivity contribution in [3.05, 3.63) is 28.8 Å². The van der Waals surface area contributed by atoms with Crippen molar-refractivity contribution in [2.75, 3.05) is 0 Å². The summed E-state index contributed by atoms with van der Waals surface area (Å²) in [6, 6.07) is 4.35. The second-order valence-electron chi connectivity index (χ2n) is 3.20. The maximum Gasteiger partial charge on any atom is 0.114 e. The highest BCUT2D eigenvalue weighted by atomic mass is 14.0. The number of hydrogen-bond acceptors (Lipinski definition) is 0. The lowest BCUT2D eigenvalue weighted by Crippen LogP contribution is -2.15. The van der Waals surface area contributed by atoms with Crippen molar-refractivity contribution in [2.45, 2.75) is 33.6 Å². The zero-order valence-corrected chi connectivity index (χ0v) is 8.15. The average molecular weight is 158 g/mol. The van der Waals surface area contributed by atoms with Crippen LogP contribution >= 0.6 is 0 Å². The van der Waals surface area contributed by atoms with E-state index in [0.717, 1.165) is 18.3 Å². The van der Waals surface area contributed by atoms with Gasteiger partial charge in [0.05, 0.1) is 0 Å². The Morgan fingerprint density at radius 3 is 1.83 bits per heavy atom. The van der Waals surface area contributed by atoms with Gasteiger partial charge in [0.1, 0.15) is 7.85 Å². The molecule has 0 unspecified atom stereocenters. The van der Waals surface area contributed by atoms with E-state index in [4.69, 9.17) is 7.85 Å². The van der Waals surface area contributed by atoms with Crippen LogP contribution in [0.2, 0.25) is 0 Å². The third-order valence-electron chi connectivity index (χ3n) is 2.26. The number of aryl methyl sites for hydroxylation is 3. The van der Waals surface area contributed by atoms with E-state index in [1.807, 2.05) is 0 Å². The van der Waals surface area contributed by atoms with E-state index >= 15 is 0 Å². The summed E-state index contributed by atoms with van der Waals surface area (Å²) in [5, 5.41) is 0. The topological polar surface area (TPSA) is 0 Å². The van der Waals surface area contributed by atoms with Crippen LogP contribution in [0.25, 0.3) is 0 Å². The summed E-state index contributed by atoms with van der Waals surface area (Å²) in [5.41, 5.74) is 4.88. The number of hydrogen-bond donors (Lipinski definition) is 0. The van der Waals surface area contributed by atoms with E-state index in [1.54, 1.807) is 0 Å². The Labute approximate surface area is 76.4 Å². The van der Waals surface area contributed by atoms with Gasteiger partial charge in [-0.15, -0.1) is 0 Å². The zero-order valence-electron chi connectivity index (χ0n) is 8.15. The molecule has 0 atom stereocenters. The van der Waals surface area contributed by atoms with Gasteiger partial charge in [-0.05, 0) is 19.8 Å². The van der Waals surface area contributed by atoms with Gasteiger partial charge in [0.2, 0.25) is 0 Å². The van der Waals surface area contributed by atoms with Gasteiger partial charge in [0, 0.05) is 0 Å². The van der Waals surface area contributed by atoms with Crippen molar-refractivity contribution in [1.29, 1.82) is 0 Å². The van der Waals surface area contributed by atoms with E-state index in [9.17, 15) is 0 Å². The number of rotatable bonds is 2. The first kappa shape index (κ1) is 9.37. The van der Waals surface area contributed by atoms with Gasteiger partial charge >= 0.3 is 0 Å². The van der Waals surface area contributed by atoms with E-state index < -0.39 is 0 Å². The first-order chi connectivity index (χ1) is 5.69. The van der Waals surface area contributed by atoms with Gasteiger partial charge in [0.25, 0.3) is 0 Å². The van der Waals surface area contributed by atoms with Crippen molar-refractivity contribution < 1.29 is 0 Å². The Morgan fingerprint density at radius 2 is 1.50 bits per heavy atom. The highest BCUT2D eigenvalue weighted by Gasteiger charge is 2.01. The van der Waals surface area contributed by atoms with E-state index in [2.05, 4.69) is 32.9 Å². The molecule has 0 spiro atoms. The molecule has 1 rings (SSSR count). The van der Waals surface area contributed by atoms with Crippen LogP contribution in [0, 0.1) is 6.92 Å². The van der Waals surface area contributed by atoms with Crippen molar-refractivity contribution in [3.8, 4) is 0 Å². The molecule has 12 heavy (non-hydrogen) atoms. The fourth-order valence-electron chi connectivity index (χ4n) is 1.54. The smallest absolute Gasteiger partial charge is 0.0904 e. The van der Waals surface area contributed by atoms with E-state index in [0.29, 0.717) is 0 Å². The van der Waals surface area contributed by atoms with Gasteiger partial charge in [-0.25, -0.2) is 0 Å². The Morgan fingerprint density at radius 1 is 1.08 bits per heavy atom. The van der Waals surface area contributed by atoms with Crippen LogP contribution in [0.15, 0.2) is 12.1 Å². The number of benzene rings is 1. The quantitative estimate of drug-likeness (QED) is 0.576. The molecule has 2 radical (unpaired) electrons. The Hall–Kier alpha value is -0.715.